The van der Waals surface area contributed by atoms with Crippen molar-refractivity contribution < 1.29 is 47.8 Å². The van der Waals surface area contributed by atoms with E-state index in [2.05, 4.69) is 50.3 Å². The van der Waals surface area contributed by atoms with Gasteiger partial charge in [0.2, 0.25) is 0 Å². The fourth-order valence-electron chi connectivity index (χ4n) is 6.89. The van der Waals surface area contributed by atoms with Crippen molar-refractivity contribution in [1.82, 2.24) is 0 Å². The number of unbranched alkanes of at least 4 members (excludes halogenated alkanes) is 27. The Morgan fingerprint density at radius 3 is 1.28 bits per heavy atom. The summed E-state index contributed by atoms with van der Waals surface area (Å²) in [6.07, 6.45) is 49.9. The van der Waals surface area contributed by atoms with Crippen molar-refractivity contribution in [2.45, 2.75) is 244 Å². The number of aliphatic hydroxyl groups is 2. The maximum absolute atomic E-state index is 12.6. The van der Waals surface area contributed by atoms with Gasteiger partial charge in [0.15, 0.2) is 6.10 Å². The van der Waals surface area contributed by atoms with Crippen molar-refractivity contribution in [2.75, 3.05) is 26.4 Å². The number of rotatable bonds is 47. The van der Waals surface area contributed by atoms with Crippen LogP contribution in [0.4, 0.5) is 0 Å². The molecule has 0 fully saturated rings. The van der Waals surface area contributed by atoms with Crippen molar-refractivity contribution in [1.29, 1.82) is 0 Å². The number of ether oxygens (including phenoxy) is 2. The normalized spacial score (nSPS) is 14.0. The number of hydrogen-bond donors (Lipinski definition) is 3. The van der Waals surface area contributed by atoms with Crippen LogP contribution in [0.2, 0.25) is 0 Å². The highest BCUT2D eigenvalue weighted by Gasteiger charge is 2.27. The zero-order valence-electron chi connectivity index (χ0n) is 39.1. The van der Waals surface area contributed by atoms with Gasteiger partial charge in [-0.25, -0.2) is 4.57 Å². The van der Waals surface area contributed by atoms with Gasteiger partial charge in [-0.2, -0.15) is 0 Å². The van der Waals surface area contributed by atoms with E-state index < -0.39 is 51.8 Å². The van der Waals surface area contributed by atoms with Gasteiger partial charge in [-0.05, 0) is 70.6 Å². The Hall–Kier alpha value is -1.81. The van der Waals surface area contributed by atoms with E-state index in [0.717, 1.165) is 57.8 Å². The maximum atomic E-state index is 12.6. The van der Waals surface area contributed by atoms with E-state index in [1.807, 2.05) is 0 Å². The summed E-state index contributed by atoms with van der Waals surface area (Å²) in [5, 5.41) is 18.4. The molecule has 0 radical (unpaired) electrons. The van der Waals surface area contributed by atoms with Gasteiger partial charge in [0.25, 0.3) is 0 Å². The van der Waals surface area contributed by atoms with Crippen molar-refractivity contribution in [3.63, 3.8) is 0 Å². The smallest absolute Gasteiger partial charge is 0.462 e. The first-order chi connectivity index (χ1) is 29.7. The lowest BCUT2D eigenvalue weighted by Crippen LogP contribution is -2.29. The van der Waals surface area contributed by atoms with Crippen LogP contribution in [0, 0.1) is 0 Å². The van der Waals surface area contributed by atoms with Gasteiger partial charge in [-0.1, -0.05) is 185 Å². The van der Waals surface area contributed by atoms with E-state index in [9.17, 15) is 24.2 Å². The van der Waals surface area contributed by atoms with Crippen LogP contribution in [0.25, 0.3) is 0 Å². The number of aliphatic hydroxyl groups excluding tert-OH is 2. The van der Waals surface area contributed by atoms with Crippen molar-refractivity contribution in [3.8, 4) is 0 Å². The highest BCUT2D eigenvalue weighted by Crippen LogP contribution is 2.43. The molecule has 0 saturated carbocycles. The molecule has 3 atom stereocenters. The summed E-state index contributed by atoms with van der Waals surface area (Å²) in [5.41, 5.74) is 0. The molecule has 0 amide bonds. The number of esters is 2. The summed E-state index contributed by atoms with van der Waals surface area (Å²) < 4.78 is 32.8. The summed E-state index contributed by atoms with van der Waals surface area (Å²) in [6, 6.07) is 0. The number of phosphoric ester groups is 1. The molecule has 0 bridgehead atoms. The Morgan fingerprint density at radius 2 is 0.836 bits per heavy atom. The zero-order valence-corrected chi connectivity index (χ0v) is 40.0. The van der Waals surface area contributed by atoms with Crippen LogP contribution >= 0.6 is 7.82 Å². The van der Waals surface area contributed by atoms with Crippen LogP contribution in [0.15, 0.2) is 36.5 Å². The standard InChI is InChI=1S/C50H93O10P/c1-3-5-7-9-11-13-15-17-19-20-21-22-23-24-25-26-28-30-32-34-36-38-40-42-50(54)60-48(46-59-61(55,56)58-44-47(52)43-51)45-57-49(53)41-39-37-35-33-31-29-27-18-16-14-12-10-8-6-4-2/h18,26-28,34,36,47-48,51-52H,3-17,19-25,29-33,35,37-46H2,1-2H3,(H,55,56)/b27-18+,28-26+,36-34+/t47-,48+/m0/s1. The van der Waals surface area contributed by atoms with Crippen LogP contribution < -0.4 is 0 Å². The molecule has 0 aliphatic carbocycles. The number of hydrogen-bond acceptors (Lipinski definition) is 9. The van der Waals surface area contributed by atoms with Crippen molar-refractivity contribution in [2.24, 2.45) is 0 Å². The quantitative estimate of drug-likeness (QED) is 0.0233. The van der Waals surface area contributed by atoms with Gasteiger partial charge < -0.3 is 24.6 Å². The topological polar surface area (TPSA) is 149 Å². The van der Waals surface area contributed by atoms with Gasteiger partial charge in [-0.3, -0.25) is 18.6 Å². The molecule has 0 aliphatic heterocycles. The molecular formula is C50H93O10P. The Balaban J connectivity index is 4.24. The second kappa shape index (κ2) is 46.2. The third kappa shape index (κ3) is 46.0. The molecule has 0 aromatic rings. The van der Waals surface area contributed by atoms with Crippen molar-refractivity contribution >= 4 is 19.8 Å². The Morgan fingerprint density at radius 1 is 0.475 bits per heavy atom. The largest absolute Gasteiger partial charge is 0.472 e. The van der Waals surface area contributed by atoms with Gasteiger partial charge >= 0.3 is 19.8 Å². The molecule has 0 aromatic carbocycles. The second-order valence-electron chi connectivity index (χ2n) is 16.8. The molecule has 10 nitrogen and oxygen atoms in total. The van der Waals surface area contributed by atoms with E-state index in [1.165, 1.54) is 128 Å². The van der Waals surface area contributed by atoms with Crippen LogP contribution in [-0.4, -0.2) is 65.7 Å². The van der Waals surface area contributed by atoms with E-state index >= 15 is 0 Å². The van der Waals surface area contributed by atoms with E-state index in [4.69, 9.17) is 23.6 Å². The molecule has 0 aromatic heterocycles. The Kier molecular flexibility index (Phi) is 44.8. The van der Waals surface area contributed by atoms with Gasteiger partial charge in [-0.15, -0.1) is 0 Å². The van der Waals surface area contributed by atoms with E-state index in [0.29, 0.717) is 19.3 Å². The molecule has 0 spiro atoms. The third-order valence-corrected chi connectivity index (χ3v) is 11.7. The molecule has 3 N–H and O–H groups in total. The van der Waals surface area contributed by atoms with Crippen LogP contribution in [-0.2, 0) is 32.7 Å². The molecule has 11 heteroatoms. The summed E-state index contributed by atoms with van der Waals surface area (Å²) in [7, 11) is -4.63. The fraction of sp³-hybridized carbons (Fsp3) is 0.840. The third-order valence-electron chi connectivity index (χ3n) is 10.7. The number of carbonyl (C=O) groups excluding carboxylic acids is 2. The summed E-state index contributed by atoms with van der Waals surface area (Å²) in [6.45, 7) is 2.35. The van der Waals surface area contributed by atoms with Crippen LogP contribution in [0.3, 0.4) is 0 Å². The first-order valence-corrected chi connectivity index (χ1v) is 26.4. The molecule has 0 heterocycles. The lowest BCUT2D eigenvalue weighted by molar-refractivity contribution is -0.161. The Labute approximate surface area is 373 Å². The maximum Gasteiger partial charge on any atom is 0.472 e. The average molecular weight is 885 g/mol. The van der Waals surface area contributed by atoms with E-state index in [-0.39, 0.29) is 19.4 Å². The minimum atomic E-state index is -4.63. The summed E-state index contributed by atoms with van der Waals surface area (Å²) >= 11 is 0. The van der Waals surface area contributed by atoms with Gasteiger partial charge in [0.05, 0.1) is 19.8 Å². The Bertz CT molecular complexity index is 1110. The van der Waals surface area contributed by atoms with Crippen LogP contribution in [0.5, 0.6) is 0 Å². The molecular weight excluding hydrogens is 792 g/mol. The lowest BCUT2D eigenvalue weighted by Gasteiger charge is -2.20. The minimum Gasteiger partial charge on any atom is -0.462 e. The predicted molar refractivity (Wildman–Crippen MR) is 251 cm³/mol. The van der Waals surface area contributed by atoms with Crippen molar-refractivity contribution in [3.05, 3.63) is 36.5 Å². The van der Waals surface area contributed by atoms with E-state index in [1.54, 1.807) is 0 Å². The molecule has 358 valence electrons. The van der Waals surface area contributed by atoms with Gasteiger partial charge in [0.1, 0.15) is 12.7 Å². The molecule has 1 unspecified atom stereocenters. The highest BCUT2D eigenvalue weighted by molar-refractivity contribution is 7.47. The minimum absolute atomic E-state index is 0.124. The average Bonchev–Trinajstić information content (AvgIpc) is 3.25. The lowest BCUT2D eigenvalue weighted by atomic mass is 10.0. The SMILES string of the molecule is CCCCCCCC/C=C/CCCCCCCC(=O)OC[C@H](COP(=O)(O)OC[C@@H](O)CO)OC(=O)CCC/C=C/CC/C=C/CCCCCCCCCCCCCCCC. The summed E-state index contributed by atoms with van der Waals surface area (Å²) in [4.78, 5) is 35.1. The van der Waals surface area contributed by atoms with Crippen LogP contribution in [0.1, 0.15) is 232 Å². The molecule has 0 rings (SSSR count). The summed E-state index contributed by atoms with van der Waals surface area (Å²) in [5.74, 6) is -0.978. The first kappa shape index (κ1) is 59.2. The zero-order chi connectivity index (χ0) is 44.8. The highest BCUT2D eigenvalue weighted by atomic mass is 31.2. The first-order valence-electron chi connectivity index (χ1n) is 24.9. The number of phosphoric acid groups is 1. The monoisotopic (exact) mass is 885 g/mol. The number of allylic oxidation sites excluding steroid dienone is 6. The fourth-order valence-corrected chi connectivity index (χ4v) is 7.68. The van der Waals surface area contributed by atoms with Gasteiger partial charge in [0, 0.05) is 12.8 Å². The molecule has 61 heavy (non-hydrogen) atoms. The second-order valence-corrected chi connectivity index (χ2v) is 18.3. The predicted octanol–water partition coefficient (Wildman–Crippen LogP) is 13.9. The number of carbonyl (C=O) groups is 2. The molecule has 0 aliphatic rings. The molecule has 0 saturated heterocycles.